The SMILES string of the molecule is O=C(C[C@@H]1CNCCO1)N[C@@H](c1ccccc1)c1ccc(Cl)cc1. The highest BCUT2D eigenvalue weighted by Crippen LogP contribution is 2.23. The van der Waals surface area contributed by atoms with Crippen LogP contribution >= 0.6 is 11.6 Å². The molecule has 1 amide bonds. The molecule has 0 bridgehead atoms. The number of rotatable bonds is 5. The van der Waals surface area contributed by atoms with Crippen molar-refractivity contribution in [3.63, 3.8) is 0 Å². The minimum atomic E-state index is -0.201. The van der Waals surface area contributed by atoms with Crippen molar-refractivity contribution in [1.29, 1.82) is 0 Å². The number of amides is 1. The van der Waals surface area contributed by atoms with E-state index in [1.54, 1.807) is 0 Å². The summed E-state index contributed by atoms with van der Waals surface area (Å²) in [6.07, 6.45) is 0.282. The highest BCUT2D eigenvalue weighted by atomic mass is 35.5. The minimum absolute atomic E-state index is 0.0208. The van der Waals surface area contributed by atoms with Gasteiger partial charge < -0.3 is 15.4 Å². The van der Waals surface area contributed by atoms with E-state index in [2.05, 4.69) is 10.6 Å². The maximum absolute atomic E-state index is 12.5. The quantitative estimate of drug-likeness (QED) is 0.876. The maximum Gasteiger partial charge on any atom is 0.223 e. The Balaban J connectivity index is 1.74. The first-order chi connectivity index (χ1) is 11.7. The number of halogens is 1. The van der Waals surface area contributed by atoms with Gasteiger partial charge in [-0.2, -0.15) is 0 Å². The standard InChI is InChI=1S/C19H21ClN2O2/c20-16-8-6-15(7-9-16)19(14-4-2-1-3-5-14)22-18(23)12-17-13-21-10-11-24-17/h1-9,17,19,21H,10-13H2,(H,22,23)/t17-,19+/m1/s1. The Morgan fingerprint density at radius 3 is 2.54 bits per heavy atom. The molecule has 0 radical (unpaired) electrons. The predicted molar refractivity (Wildman–Crippen MR) is 95.1 cm³/mol. The maximum atomic E-state index is 12.5. The summed E-state index contributed by atoms with van der Waals surface area (Å²) in [5.41, 5.74) is 2.04. The molecule has 2 N–H and O–H groups in total. The van der Waals surface area contributed by atoms with Gasteiger partial charge in [0.1, 0.15) is 0 Å². The summed E-state index contributed by atoms with van der Waals surface area (Å²) in [6, 6.07) is 17.3. The van der Waals surface area contributed by atoms with E-state index >= 15 is 0 Å². The Labute approximate surface area is 147 Å². The van der Waals surface area contributed by atoms with Gasteiger partial charge in [-0.05, 0) is 23.3 Å². The molecule has 1 aliphatic heterocycles. The lowest BCUT2D eigenvalue weighted by atomic mass is 9.98. The Kier molecular flexibility index (Phi) is 5.86. The summed E-state index contributed by atoms with van der Waals surface area (Å²) < 4.78 is 5.62. The van der Waals surface area contributed by atoms with E-state index < -0.39 is 0 Å². The number of nitrogens with one attached hydrogen (secondary N) is 2. The van der Waals surface area contributed by atoms with Crippen LogP contribution < -0.4 is 10.6 Å². The van der Waals surface area contributed by atoms with Crippen LogP contribution in [0.25, 0.3) is 0 Å². The highest BCUT2D eigenvalue weighted by Gasteiger charge is 2.21. The fourth-order valence-corrected chi connectivity index (χ4v) is 2.96. The molecular weight excluding hydrogens is 324 g/mol. The molecular formula is C19H21ClN2O2. The number of benzene rings is 2. The van der Waals surface area contributed by atoms with E-state index in [0.717, 1.165) is 17.7 Å². The second kappa shape index (κ2) is 8.29. The minimum Gasteiger partial charge on any atom is -0.375 e. The summed E-state index contributed by atoms with van der Waals surface area (Å²) in [5, 5.41) is 7.05. The summed E-state index contributed by atoms with van der Waals surface area (Å²) in [6.45, 7) is 2.21. The Morgan fingerprint density at radius 1 is 1.17 bits per heavy atom. The molecule has 2 atom stereocenters. The Bertz CT molecular complexity index is 655. The number of hydrogen-bond acceptors (Lipinski definition) is 3. The monoisotopic (exact) mass is 344 g/mol. The zero-order chi connectivity index (χ0) is 16.8. The topological polar surface area (TPSA) is 50.4 Å². The molecule has 2 aromatic carbocycles. The van der Waals surface area contributed by atoms with E-state index in [1.807, 2.05) is 54.6 Å². The van der Waals surface area contributed by atoms with Crippen molar-refractivity contribution in [2.24, 2.45) is 0 Å². The number of morpholine rings is 1. The predicted octanol–water partition coefficient (Wildman–Crippen LogP) is 2.92. The molecule has 1 aliphatic rings. The van der Waals surface area contributed by atoms with Gasteiger partial charge in [0.2, 0.25) is 5.91 Å². The van der Waals surface area contributed by atoms with E-state index in [1.165, 1.54) is 0 Å². The lowest BCUT2D eigenvalue weighted by molar-refractivity contribution is -0.125. The van der Waals surface area contributed by atoms with Crippen LogP contribution in [0.2, 0.25) is 5.02 Å². The van der Waals surface area contributed by atoms with Crippen molar-refractivity contribution >= 4 is 17.5 Å². The van der Waals surface area contributed by atoms with Crippen LogP contribution in [0.1, 0.15) is 23.6 Å². The van der Waals surface area contributed by atoms with E-state index in [0.29, 0.717) is 24.6 Å². The third kappa shape index (κ3) is 4.57. The Hall–Kier alpha value is -1.88. The average molecular weight is 345 g/mol. The van der Waals surface area contributed by atoms with Crippen LogP contribution in [-0.4, -0.2) is 31.7 Å². The molecule has 4 nitrogen and oxygen atoms in total. The molecule has 2 aromatic rings. The first kappa shape index (κ1) is 17.0. The summed E-state index contributed by atoms with van der Waals surface area (Å²) in [5.74, 6) is -0.0208. The van der Waals surface area contributed by atoms with Gasteiger partial charge in [0.15, 0.2) is 0 Å². The van der Waals surface area contributed by atoms with Crippen molar-refractivity contribution in [3.05, 3.63) is 70.7 Å². The molecule has 5 heteroatoms. The smallest absolute Gasteiger partial charge is 0.223 e. The van der Waals surface area contributed by atoms with E-state index in [9.17, 15) is 4.79 Å². The number of hydrogen-bond donors (Lipinski definition) is 2. The molecule has 24 heavy (non-hydrogen) atoms. The van der Waals surface area contributed by atoms with Crippen LogP contribution in [0.5, 0.6) is 0 Å². The number of carbonyl (C=O) groups is 1. The normalized spacial score (nSPS) is 18.8. The van der Waals surface area contributed by atoms with Gasteiger partial charge in [0.25, 0.3) is 0 Å². The molecule has 0 aliphatic carbocycles. The molecule has 0 saturated carbocycles. The second-order valence-electron chi connectivity index (χ2n) is 5.86. The third-order valence-corrected chi connectivity index (χ3v) is 4.31. The van der Waals surface area contributed by atoms with Gasteiger partial charge in [-0.15, -0.1) is 0 Å². The van der Waals surface area contributed by atoms with Crippen molar-refractivity contribution in [1.82, 2.24) is 10.6 Å². The van der Waals surface area contributed by atoms with Crippen LogP contribution in [0.3, 0.4) is 0 Å². The molecule has 126 valence electrons. The van der Waals surface area contributed by atoms with Gasteiger partial charge in [-0.25, -0.2) is 0 Å². The average Bonchev–Trinajstić information content (AvgIpc) is 2.62. The van der Waals surface area contributed by atoms with Gasteiger partial charge in [0, 0.05) is 18.1 Å². The van der Waals surface area contributed by atoms with E-state index in [4.69, 9.17) is 16.3 Å². The number of carbonyl (C=O) groups excluding carboxylic acids is 1. The first-order valence-corrected chi connectivity index (χ1v) is 8.52. The molecule has 0 spiro atoms. The number of ether oxygens (including phenoxy) is 1. The van der Waals surface area contributed by atoms with Crippen molar-refractivity contribution in [2.75, 3.05) is 19.7 Å². The fraction of sp³-hybridized carbons (Fsp3) is 0.316. The largest absolute Gasteiger partial charge is 0.375 e. The lowest BCUT2D eigenvalue weighted by Gasteiger charge is -2.25. The molecule has 3 rings (SSSR count). The van der Waals surface area contributed by atoms with Gasteiger partial charge >= 0.3 is 0 Å². The van der Waals surface area contributed by atoms with Crippen molar-refractivity contribution < 1.29 is 9.53 Å². The second-order valence-corrected chi connectivity index (χ2v) is 6.30. The highest BCUT2D eigenvalue weighted by molar-refractivity contribution is 6.30. The van der Waals surface area contributed by atoms with Crippen molar-refractivity contribution in [2.45, 2.75) is 18.6 Å². The van der Waals surface area contributed by atoms with E-state index in [-0.39, 0.29) is 18.1 Å². The first-order valence-electron chi connectivity index (χ1n) is 8.14. The zero-order valence-electron chi connectivity index (χ0n) is 13.4. The van der Waals surface area contributed by atoms with Crippen molar-refractivity contribution in [3.8, 4) is 0 Å². The van der Waals surface area contributed by atoms with Gasteiger partial charge in [-0.1, -0.05) is 54.1 Å². The van der Waals surface area contributed by atoms with Gasteiger partial charge in [-0.3, -0.25) is 4.79 Å². The molecule has 0 aromatic heterocycles. The molecule has 0 unspecified atom stereocenters. The fourth-order valence-electron chi connectivity index (χ4n) is 2.84. The summed E-state index contributed by atoms with van der Waals surface area (Å²) in [4.78, 5) is 12.5. The molecule has 1 heterocycles. The lowest BCUT2D eigenvalue weighted by Crippen LogP contribution is -2.42. The van der Waals surface area contributed by atoms with Crippen LogP contribution in [0.15, 0.2) is 54.6 Å². The summed E-state index contributed by atoms with van der Waals surface area (Å²) >= 11 is 5.99. The molecule has 1 fully saturated rings. The van der Waals surface area contributed by atoms with Crippen LogP contribution in [0.4, 0.5) is 0 Å². The van der Waals surface area contributed by atoms with Crippen LogP contribution in [0, 0.1) is 0 Å². The third-order valence-electron chi connectivity index (χ3n) is 4.06. The van der Waals surface area contributed by atoms with Crippen LogP contribution in [-0.2, 0) is 9.53 Å². The summed E-state index contributed by atoms with van der Waals surface area (Å²) in [7, 11) is 0. The van der Waals surface area contributed by atoms with Gasteiger partial charge in [0.05, 0.1) is 25.2 Å². The molecule has 1 saturated heterocycles. The zero-order valence-corrected chi connectivity index (χ0v) is 14.1. The Morgan fingerprint density at radius 2 is 1.88 bits per heavy atom.